The van der Waals surface area contributed by atoms with Crippen LogP contribution < -0.4 is 5.32 Å². The van der Waals surface area contributed by atoms with Crippen LogP contribution in [-0.2, 0) is 38.0 Å². The van der Waals surface area contributed by atoms with Gasteiger partial charge in [0.2, 0.25) is 0 Å². The van der Waals surface area contributed by atoms with Gasteiger partial charge in [0.25, 0.3) is 5.91 Å². The van der Waals surface area contributed by atoms with Gasteiger partial charge in [-0.3, -0.25) is 14.4 Å². The molecule has 270 valence electrons. The van der Waals surface area contributed by atoms with Gasteiger partial charge in [-0.15, -0.1) is 0 Å². The predicted octanol–water partition coefficient (Wildman–Crippen LogP) is 5.04. The van der Waals surface area contributed by atoms with Crippen LogP contribution in [0.5, 0.6) is 0 Å². The van der Waals surface area contributed by atoms with E-state index in [9.17, 15) is 14.4 Å². The number of methoxy groups -OCH3 is 3. The van der Waals surface area contributed by atoms with Crippen LogP contribution in [0.25, 0.3) is 0 Å². The van der Waals surface area contributed by atoms with Gasteiger partial charge in [-0.25, -0.2) is 0 Å². The highest BCUT2D eigenvalue weighted by atomic mass is 16.7. The summed E-state index contributed by atoms with van der Waals surface area (Å²) < 4.78 is 41.5. The van der Waals surface area contributed by atoms with Gasteiger partial charge in [0, 0.05) is 39.2 Å². The number of furan rings is 1. The molecule has 11 nitrogen and oxygen atoms in total. The normalized spacial score (nSPS) is 41.1. The van der Waals surface area contributed by atoms with Gasteiger partial charge in [0.1, 0.15) is 24.4 Å². The number of ketones is 1. The molecule has 2 saturated heterocycles. The van der Waals surface area contributed by atoms with E-state index in [0.29, 0.717) is 31.3 Å². The molecule has 1 aromatic rings. The van der Waals surface area contributed by atoms with E-state index in [1.54, 1.807) is 33.5 Å². The van der Waals surface area contributed by atoms with Crippen LogP contribution in [0.1, 0.15) is 76.3 Å². The Morgan fingerprint density at radius 3 is 2.45 bits per heavy atom. The number of allylic oxidation sites excluding steroid dienone is 4. The lowest BCUT2D eigenvalue weighted by Crippen LogP contribution is -2.59. The van der Waals surface area contributed by atoms with Crippen LogP contribution in [0.2, 0.25) is 0 Å². The molecule has 3 fully saturated rings. The molecule has 1 N–H and O–H groups in total. The number of Topliss-reactive ketones (excluding diaryl/α,β-unsaturated/α-hetero) is 1. The lowest BCUT2D eigenvalue weighted by molar-refractivity contribution is -0.314. The molecule has 1 amide bonds. The second kappa shape index (κ2) is 15.6. The van der Waals surface area contributed by atoms with Crippen molar-refractivity contribution in [2.75, 3.05) is 21.3 Å². The predicted molar refractivity (Wildman–Crippen MR) is 178 cm³/mol. The Bertz CT molecular complexity index is 1370. The number of cyclic esters (lactones) is 1. The van der Waals surface area contributed by atoms with Crippen LogP contribution in [0.4, 0.5) is 0 Å². The molecule has 3 aliphatic carbocycles. The van der Waals surface area contributed by atoms with Crippen LogP contribution in [0.15, 0.2) is 46.6 Å². The number of fused-ring (bicyclic) bond motifs is 5. The third-order valence-corrected chi connectivity index (χ3v) is 11.8. The van der Waals surface area contributed by atoms with E-state index in [-0.39, 0.29) is 90.0 Å². The number of esters is 1. The molecule has 11 heteroatoms. The molecule has 1 unspecified atom stereocenters. The molecule has 0 spiro atoms. The summed E-state index contributed by atoms with van der Waals surface area (Å²) >= 11 is 0. The molecule has 1 saturated carbocycles. The monoisotopic (exact) mass is 683 g/mol. The largest absolute Gasteiger partial charge is 0.462 e. The minimum absolute atomic E-state index is 0.00381. The average molecular weight is 684 g/mol. The van der Waals surface area contributed by atoms with Crippen molar-refractivity contribution < 1.29 is 47.2 Å². The van der Waals surface area contributed by atoms with E-state index in [1.165, 1.54) is 6.26 Å². The molecule has 49 heavy (non-hydrogen) atoms. The van der Waals surface area contributed by atoms with E-state index >= 15 is 0 Å². The molecular formula is C38H53NO10. The zero-order valence-electron chi connectivity index (χ0n) is 29.6. The Labute approximate surface area is 289 Å². The molecular weight excluding hydrogens is 630 g/mol. The maximum absolute atomic E-state index is 14.4. The number of amides is 1. The molecule has 6 rings (SSSR count). The highest BCUT2D eigenvalue weighted by molar-refractivity contribution is 6.00. The first-order chi connectivity index (χ1) is 23.7. The fourth-order valence-electron chi connectivity index (χ4n) is 9.18. The average Bonchev–Trinajstić information content (AvgIpc) is 3.85. The first kappa shape index (κ1) is 36.0. The third kappa shape index (κ3) is 7.33. The number of hydrogen-bond donors (Lipinski definition) is 1. The highest BCUT2D eigenvalue weighted by Gasteiger charge is 2.52. The number of hydrogen-bond acceptors (Lipinski definition) is 10. The summed E-state index contributed by atoms with van der Waals surface area (Å²) in [5.74, 6) is -0.611. The smallest absolute Gasteiger partial charge is 0.306 e. The molecule has 2 aliphatic heterocycles. The lowest BCUT2D eigenvalue weighted by Gasteiger charge is -2.44. The van der Waals surface area contributed by atoms with Gasteiger partial charge in [-0.05, 0) is 86.8 Å². The maximum atomic E-state index is 14.4. The van der Waals surface area contributed by atoms with Crippen molar-refractivity contribution in [2.45, 2.75) is 115 Å². The quantitative estimate of drug-likeness (QED) is 0.294. The Kier molecular flexibility index (Phi) is 11.5. The van der Waals surface area contributed by atoms with Crippen molar-refractivity contribution in [3.63, 3.8) is 0 Å². The second-order valence-corrected chi connectivity index (χ2v) is 14.5. The summed E-state index contributed by atoms with van der Waals surface area (Å²) in [6.45, 7) is 5.87. The van der Waals surface area contributed by atoms with Crippen LogP contribution >= 0.6 is 0 Å². The van der Waals surface area contributed by atoms with E-state index < -0.39 is 24.4 Å². The second-order valence-electron chi connectivity index (χ2n) is 14.5. The maximum Gasteiger partial charge on any atom is 0.306 e. The van der Waals surface area contributed by atoms with Crippen LogP contribution in [0, 0.1) is 35.5 Å². The van der Waals surface area contributed by atoms with Crippen molar-refractivity contribution in [3.05, 3.63) is 48.0 Å². The van der Waals surface area contributed by atoms with Crippen molar-refractivity contribution in [2.24, 2.45) is 35.5 Å². The minimum Gasteiger partial charge on any atom is -0.462 e. The van der Waals surface area contributed by atoms with Crippen molar-refractivity contribution in [1.82, 2.24) is 5.32 Å². The minimum atomic E-state index is -0.616. The van der Waals surface area contributed by atoms with Gasteiger partial charge in [-0.2, -0.15) is 0 Å². The summed E-state index contributed by atoms with van der Waals surface area (Å²) in [7, 11) is 4.92. The van der Waals surface area contributed by atoms with Crippen molar-refractivity contribution in [1.29, 1.82) is 0 Å². The Morgan fingerprint density at radius 1 is 0.980 bits per heavy atom. The van der Waals surface area contributed by atoms with Crippen molar-refractivity contribution >= 4 is 17.7 Å². The Balaban J connectivity index is 1.23. The highest BCUT2D eigenvalue weighted by Crippen LogP contribution is 2.54. The van der Waals surface area contributed by atoms with Gasteiger partial charge in [0.05, 0.1) is 24.9 Å². The molecule has 0 radical (unpaired) electrons. The standard InChI is InChI=1S/C38H53NO10/c1-7-23-10-8-11-30(39-37(42)31-12-9-15-46-31)20(2)33(41)29-18-27-25(28(29)19-32(40)48-23)14-13-22-16-24(17-26(22)27)49-38-36(45-6)35(44-5)34(43-4)21(3)47-38/h9,12-15,18,20-28,30,34-36,38H,7-8,10-11,16-17,19H2,1-6H3,(H,39,42)/t20-,21+,22-,23+,24-,25-,26-,27-,28+,30+,34+,35?,36-,38+/m1/s1. The summed E-state index contributed by atoms with van der Waals surface area (Å²) in [6.07, 6.45) is 10.3. The van der Waals surface area contributed by atoms with Gasteiger partial charge in [0.15, 0.2) is 17.8 Å². The number of rotatable bonds is 8. The van der Waals surface area contributed by atoms with Gasteiger partial charge < -0.3 is 38.2 Å². The molecule has 5 aliphatic rings. The first-order valence-electron chi connectivity index (χ1n) is 18.0. The number of carbonyl (C=O) groups excluding carboxylic acids is 3. The van der Waals surface area contributed by atoms with Crippen LogP contribution in [-0.4, -0.2) is 87.9 Å². The topological polar surface area (TPSA) is 132 Å². The fourth-order valence-corrected chi connectivity index (χ4v) is 9.18. The Morgan fingerprint density at radius 2 is 1.76 bits per heavy atom. The Hall–Kier alpha value is -2.83. The van der Waals surface area contributed by atoms with Crippen LogP contribution in [0.3, 0.4) is 0 Å². The van der Waals surface area contributed by atoms with Gasteiger partial charge >= 0.3 is 5.97 Å². The zero-order chi connectivity index (χ0) is 34.8. The van der Waals surface area contributed by atoms with E-state index in [4.69, 9.17) is 32.8 Å². The molecule has 1 aromatic heterocycles. The zero-order valence-corrected chi connectivity index (χ0v) is 29.6. The molecule has 0 aromatic carbocycles. The van der Waals surface area contributed by atoms with Gasteiger partial charge in [-0.1, -0.05) is 32.1 Å². The lowest BCUT2D eigenvalue weighted by atomic mass is 9.70. The number of ether oxygens (including phenoxy) is 6. The summed E-state index contributed by atoms with van der Waals surface area (Å²) in [4.78, 5) is 40.9. The first-order valence-corrected chi connectivity index (χ1v) is 18.0. The molecule has 14 atom stereocenters. The summed E-state index contributed by atoms with van der Waals surface area (Å²) in [6, 6.07) is 2.90. The molecule has 3 heterocycles. The van der Waals surface area contributed by atoms with E-state index in [2.05, 4.69) is 23.5 Å². The fraction of sp³-hybridized carbons (Fsp3) is 0.711. The number of carbonyl (C=O) groups is 3. The van der Waals surface area contributed by atoms with Crippen molar-refractivity contribution in [3.8, 4) is 0 Å². The van der Waals surface area contributed by atoms with E-state index in [1.807, 2.05) is 20.8 Å². The molecule has 0 bridgehead atoms. The third-order valence-electron chi connectivity index (χ3n) is 11.8. The SMILES string of the molecule is CC[C@H]1CCC[C@H](NC(=O)c2ccco2)[C@@H](C)C(=O)C2=C[C@@H]3[C@@H](C=C[C@@H]4C[C@@H](O[C@@H]5O[C@@H](C)[C@H](OC)C(OC)[C@H]5OC)C[C@@H]34)[C@@H]2CC(=O)O1. The number of nitrogens with one attached hydrogen (secondary N) is 1. The van der Waals surface area contributed by atoms with E-state index in [0.717, 1.165) is 12.8 Å². The summed E-state index contributed by atoms with van der Waals surface area (Å²) in [5, 5.41) is 3.09. The summed E-state index contributed by atoms with van der Waals surface area (Å²) in [5.41, 5.74) is 0.678.